The van der Waals surface area contributed by atoms with Gasteiger partial charge in [0.1, 0.15) is 0 Å². The lowest BCUT2D eigenvalue weighted by Gasteiger charge is -2.15. The van der Waals surface area contributed by atoms with Crippen LogP contribution in [-0.4, -0.2) is 24.1 Å². The highest BCUT2D eigenvalue weighted by molar-refractivity contribution is 5.66. The molecule has 0 heterocycles. The van der Waals surface area contributed by atoms with Crippen LogP contribution in [0.5, 0.6) is 0 Å². The van der Waals surface area contributed by atoms with E-state index in [4.69, 9.17) is 9.47 Å². The molecule has 0 saturated heterocycles. The molecule has 0 aromatic heterocycles. The fraction of sp³-hybridized carbons (Fsp3) is 0.800. The SMILES string of the molecule is CC(=O)O[C@H](C)CC[C@H](C)OC(C)=O. The van der Waals surface area contributed by atoms with E-state index in [1.807, 2.05) is 13.8 Å². The number of carbonyl (C=O) groups excluding carboxylic acids is 2. The Bertz CT molecular complexity index is 178. The van der Waals surface area contributed by atoms with Crippen LogP contribution in [0.1, 0.15) is 40.5 Å². The Labute approximate surface area is 84.6 Å². The van der Waals surface area contributed by atoms with Gasteiger partial charge < -0.3 is 9.47 Å². The Balaban J connectivity index is 3.60. The van der Waals surface area contributed by atoms with Gasteiger partial charge in [-0.15, -0.1) is 0 Å². The molecule has 4 heteroatoms. The van der Waals surface area contributed by atoms with Gasteiger partial charge in [-0.2, -0.15) is 0 Å². The smallest absolute Gasteiger partial charge is 0.302 e. The lowest BCUT2D eigenvalue weighted by molar-refractivity contribution is -0.149. The van der Waals surface area contributed by atoms with E-state index in [1.165, 1.54) is 13.8 Å². The molecule has 0 bridgehead atoms. The van der Waals surface area contributed by atoms with Gasteiger partial charge in [0.15, 0.2) is 0 Å². The maximum atomic E-state index is 10.6. The van der Waals surface area contributed by atoms with Crippen LogP contribution in [0.3, 0.4) is 0 Å². The summed E-state index contributed by atoms with van der Waals surface area (Å²) in [5, 5.41) is 0. The van der Waals surface area contributed by atoms with Crippen LogP contribution in [0.25, 0.3) is 0 Å². The summed E-state index contributed by atoms with van der Waals surface area (Å²) in [6.45, 7) is 6.40. The van der Waals surface area contributed by atoms with Gasteiger partial charge in [0.25, 0.3) is 0 Å². The molecule has 0 aliphatic rings. The van der Waals surface area contributed by atoms with Gasteiger partial charge in [0.2, 0.25) is 0 Å². The second kappa shape index (κ2) is 6.40. The van der Waals surface area contributed by atoms with Crippen molar-refractivity contribution < 1.29 is 19.1 Å². The van der Waals surface area contributed by atoms with E-state index in [9.17, 15) is 9.59 Å². The second-order valence-electron chi connectivity index (χ2n) is 3.42. The zero-order valence-electron chi connectivity index (χ0n) is 9.20. The van der Waals surface area contributed by atoms with Crippen LogP contribution in [0, 0.1) is 0 Å². The molecule has 0 N–H and O–H groups in total. The molecule has 0 aliphatic heterocycles. The summed E-state index contributed by atoms with van der Waals surface area (Å²) in [7, 11) is 0. The van der Waals surface area contributed by atoms with Crippen molar-refractivity contribution in [1.82, 2.24) is 0 Å². The highest BCUT2D eigenvalue weighted by Crippen LogP contribution is 2.07. The fourth-order valence-electron chi connectivity index (χ4n) is 1.15. The topological polar surface area (TPSA) is 52.6 Å². The quantitative estimate of drug-likeness (QED) is 0.636. The molecule has 0 saturated carbocycles. The average Bonchev–Trinajstić information content (AvgIpc) is 1.98. The summed E-state index contributed by atoms with van der Waals surface area (Å²) in [6.07, 6.45) is 1.17. The standard InChI is InChI=1S/C10H18O4/c1-7(13-9(3)11)5-6-8(2)14-10(4)12/h7-8H,5-6H2,1-4H3/t7-,8+. The molecule has 0 aromatic rings. The highest BCUT2D eigenvalue weighted by Gasteiger charge is 2.10. The fourth-order valence-corrected chi connectivity index (χ4v) is 1.15. The average molecular weight is 202 g/mol. The Hall–Kier alpha value is -1.06. The third kappa shape index (κ3) is 7.58. The molecular formula is C10H18O4. The molecule has 4 nitrogen and oxygen atoms in total. The summed E-state index contributed by atoms with van der Waals surface area (Å²) in [6, 6.07) is 0. The molecule has 82 valence electrons. The molecule has 0 amide bonds. The van der Waals surface area contributed by atoms with Crippen molar-refractivity contribution in [2.75, 3.05) is 0 Å². The maximum absolute atomic E-state index is 10.6. The predicted octanol–water partition coefficient (Wildman–Crippen LogP) is 1.67. The van der Waals surface area contributed by atoms with Crippen LogP contribution in [0.4, 0.5) is 0 Å². The first-order valence-corrected chi connectivity index (χ1v) is 4.76. The lowest BCUT2D eigenvalue weighted by Crippen LogP contribution is -2.17. The second-order valence-corrected chi connectivity index (χ2v) is 3.42. The predicted molar refractivity (Wildman–Crippen MR) is 51.7 cm³/mol. The van der Waals surface area contributed by atoms with Gasteiger partial charge in [-0.1, -0.05) is 0 Å². The lowest BCUT2D eigenvalue weighted by atomic mass is 10.1. The molecule has 0 unspecified atom stereocenters. The van der Waals surface area contributed by atoms with Gasteiger partial charge >= 0.3 is 11.9 Å². The van der Waals surface area contributed by atoms with Gasteiger partial charge in [-0.05, 0) is 26.7 Å². The minimum absolute atomic E-state index is 0.120. The molecule has 0 radical (unpaired) electrons. The summed E-state index contributed by atoms with van der Waals surface area (Å²) >= 11 is 0. The van der Waals surface area contributed by atoms with Gasteiger partial charge in [-0.3, -0.25) is 9.59 Å². The first-order valence-electron chi connectivity index (χ1n) is 4.76. The third-order valence-corrected chi connectivity index (χ3v) is 1.71. The molecule has 0 aromatic carbocycles. The van der Waals surface area contributed by atoms with Crippen molar-refractivity contribution in [3.05, 3.63) is 0 Å². The highest BCUT2D eigenvalue weighted by atomic mass is 16.5. The Morgan fingerprint density at radius 2 is 1.21 bits per heavy atom. The van der Waals surface area contributed by atoms with Crippen LogP contribution >= 0.6 is 0 Å². The van der Waals surface area contributed by atoms with Crippen molar-refractivity contribution in [1.29, 1.82) is 0 Å². The normalized spacial score (nSPS) is 14.3. The van der Waals surface area contributed by atoms with E-state index in [0.717, 1.165) is 0 Å². The number of ether oxygens (including phenoxy) is 2. The molecule has 0 aliphatic carbocycles. The first-order chi connectivity index (χ1) is 6.41. The maximum Gasteiger partial charge on any atom is 0.302 e. The number of carbonyl (C=O) groups is 2. The van der Waals surface area contributed by atoms with Gasteiger partial charge in [-0.25, -0.2) is 0 Å². The van der Waals surface area contributed by atoms with E-state index >= 15 is 0 Å². The van der Waals surface area contributed by atoms with Crippen molar-refractivity contribution in [2.24, 2.45) is 0 Å². The summed E-state index contributed by atoms with van der Waals surface area (Å²) < 4.78 is 9.85. The zero-order chi connectivity index (χ0) is 11.1. The Morgan fingerprint density at radius 3 is 1.43 bits per heavy atom. The van der Waals surface area contributed by atoms with E-state index < -0.39 is 0 Å². The van der Waals surface area contributed by atoms with Gasteiger partial charge in [0, 0.05) is 13.8 Å². The molecule has 14 heavy (non-hydrogen) atoms. The van der Waals surface area contributed by atoms with Gasteiger partial charge in [0.05, 0.1) is 12.2 Å². The Morgan fingerprint density at radius 1 is 0.929 bits per heavy atom. The molecule has 0 fully saturated rings. The van der Waals surface area contributed by atoms with Crippen molar-refractivity contribution in [3.63, 3.8) is 0 Å². The number of esters is 2. The minimum atomic E-state index is -0.280. The number of hydrogen-bond donors (Lipinski definition) is 0. The number of hydrogen-bond acceptors (Lipinski definition) is 4. The van der Waals surface area contributed by atoms with Crippen LogP contribution in [0.15, 0.2) is 0 Å². The van der Waals surface area contributed by atoms with Crippen molar-refractivity contribution in [3.8, 4) is 0 Å². The van der Waals surface area contributed by atoms with Crippen molar-refractivity contribution in [2.45, 2.75) is 52.7 Å². The summed E-state index contributed by atoms with van der Waals surface area (Å²) in [5.74, 6) is -0.560. The first kappa shape index (κ1) is 12.9. The largest absolute Gasteiger partial charge is 0.463 e. The summed E-state index contributed by atoms with van der Waals surface area (Å²) in [5.41, 5.74) is 0. The van der Waals surface area contributed by atoms with E-state index in [-0.39, 0.29) is 24.1 Å². The number of rotatable bonds is 5. The Kier molecular flexibility index (Phi) is 5.92. The van der Waals surface area contributed by atoms with Crippen molar-refractivity contribution >= 4 is 11.9 Å². The summed E-state index contributed by atoms with van der Waals surface area (Å²) in [4.78, 5) is 21.1. The molecular weight excluding hydrogens is 184 g/mol. The van der Waals surface area contributed by atoms with E-state index in [0.29, 0.717) is 12.8 Å². The van der Waals surface area contributed by atoms with Crippen LogP contribution in [-0.2, 0) is 19.1 Å². The molecule has 0 rings (SSSR count). The third-order valence-electron chi connectivity index (χ3n) is 1.71. The molecule has 0 spiro atoms. The van der Waals surface area contributed by atoms with Crippen LogP contribution in [0.2, 0.25) is 0 Å². The van der Waals surface area contributed by atoms with Crippen LogP contribution < -0.4 is 0 Å². The monoisotopic (exact) mass is 202 g/mol. The molecule has 2 atom stereocenters. The van der Waals surface area contributed by atoms with E-state index in [1.54, 1.807) is 0 Å². The van der Waals surface area contributed by atoms with E-state index in [2.05, 4.69) is 0 Å². The minimum Gasteiger partial charge on any atom is -0.463 e. The zero-order valence-corrected chi connectivity index (χ0v) is 9.20.